The fourth-order valence-corrected chi connectivity index (χ4v) is 2.37. The Hall–Kier alpha value is -0.880. The van der Waals surface area contributed by atoms with Crippen molar-refractivity contribution < 1.29 is 8.78 Å². The number of alkyl halides is 2. The Morgan fingerprint density at radius 3 is 2.80 bits per heavy atom. The Bertz CT molecular complexity index is 494. The molecule has 0 bridgehead atoms. The fourth-order valence-electron chi connectivity index (χ4n) is 1.11. The van der Waals surface area contributed by atoms with Crippen LogP contribution in [0.3, 0.4) is 0 Å². The van der Waals surface area contributed by atoms with E-state index in [1.54, 1.807) is 0 Å². The van der Waals surface area contributed by atoms with E-state index < -0.39 is 12.3 Å². The monoisotopic (exact) mass is 249 g/mol. The second-order valence-corrected chi connectivity index (χ2v) is 4.59. The quantitative estimate of drug-likeness (QED) is 0.768. The topological polar surface area (TPSA) is 38.7 Å². The lowest BCUT2D eigenvalue weighted by molar-refractivity contribution is 0.0226. The average molecular weight is 250 g/mol. The van der Waals surface area contributed by atoms with E-state index >= 15 is 0 Å². The van der Waals surface area contributed by atoms with Crippen LogP contribution in [0.5, 0.6) is 0 Å². The lowest BCUT2D eigenvalue weighted by Gasteiger charge is -2.05. The number of aromatic nitrogens is 3. The molecule has 0 fully saturated rings. The normalized spacial score (nSPS) is 12.3. The van der Waals surface area contributed by atoms with Crippen LogP contribution >= 0.6 is 22.9 Å². The molecule has 0 radical (unpaired) electrons. The summed E-state index contributed by atoms with van der Waals surface area (Å²) in [5.74, 6) is -2.77. The molecule has 0 unspecified atom stereocenters. The molecule has 80 valence electrons. The van der Waals surface area contributed by atoms with Crippen molar-refractivity contribution in [2.75, 3.05) is 0 Å². The van der Waals surface area contributed by atoms with Crippen molar-refractivity contribution in [3.8, 4) is 0 Å². The maximum atomic E-state index is 12.7. The van der Waals surface area contributed by atoms with E-state index in [0.29, 0.717) is 15.4 Å². The molecule has 0 aliphatic carbocycles. The van der Waals surface area contributed by atoms with E-state index in [9.17, 15) is 8.78 Å². The third-order valence-electron chi connectivity index (χ3n) is 1.66. The standard InChI is InChI=1S/C8H6ClF2N3S/c1-8(10,11)2-4-14-5-6(9)12-3-13-7(5)15-4/h3H,2H2,1H3. The zero-order chi connectivity index (χ0) is 11.1. The van der Waals surface area contributed by atoms with E-state index in [2.05, 4.69) is 15.0 Å². The lowest BCUT2D eigenvalue weighted by Crippen LogP contribution is -2.13. The van der Waals surface area contributed by atoms with E-state index in [0.717, 1.165) is 18.3 Å². The molecule has 2 aromatic rings. The van der Waals surface area contributed by atoms with Crippen molar-refractivity contribution >= 4 is 33.3 Å². The van der Waals surface area contributed by atoms with Crippen molar-refractivity contribution in [2.45, 2.75) is 19.3 Å². The van der Waals surface area contributed by atoms with Crippen LogP contribution < -0.4 is 0 Å². The van der Waals surface area contributed by atoms with Crippen LogP contribution in [0.2, 0.25) is 5.15 Å². The SMILES string of the molecule is CC(F)(F)Cc1nc2c(Cl)ncnc2s1. The average Bonchev–Trinajstić information content (AvgIpc) is 2.45. The van der Waals surface area contributed by atoms with Crippen molar-refractivity contribution in [1.82, 2.24) is 15.0 Å². The number of hydrogen-bond acceptors (Lipinski definition) is 4. The first-order valence-electron chi connectivity index (χ1n) is 4.09. The molecule has 0 N–H and O–H groups in total. The molecule has 3 nitrogen and oxygen atoms in total. The molecule has 2 rings (SSSR count). The van der Waals surface area contributed by atoms with Crippen LogP contribution in [0.25, 0.3) is 10.3 Å². The molecule has 0 aliphatic rings. The first kappa shape index (κ1) is 10.6. The van der Waals surface area contributed by atoms with Crippen LogP contribution in [0.1, 0.15) is 11.9 Å². The van der Waals surface area contributed by atoms with Gasteiger partial charge in [-0.05, 0) is 6.92 Å². The van der Waals surface area contributed by atoms with Gasteiger partial charge in [-0.1, -0.05) is 22.9 Å². The number of fused-ring (bicyclic) bond motifs is 1. The van der Waals surface area contributed by atoms with Crippen molar-refractivity contribution in [3.63, 3.8) is 0 Å². The van der Waals surface area contributed by atoms with Crippen molar-refractivity contribution in [3.05, 3.63) is 16.5 Å². The maximum absolute atomic E-state index is 12.7. The summed E-state index contributed by atoms with van der Waals surface area (Å²) < 4.78 is 25.5. The smallest absolute Gasteiger partial charge is 0.236 e. The van der Waals surface area contributed by atoms with Gasteiger partial charge in [0.2, 0.25) is 0 Å². The van der Waals surface area contributed by atoms with Gasteiger partial charge in [0.25, 0.3) is 5.92 Å². The van der Waals surface area contributed by atoms with Crippen molar-refractivity contribution in [2.24, 2.45) is 0 Å². The molecule has 7 heteroatoms. The summed E-state index contributed by atoms with van der Waals surface area (Å²) in [6.45, 7) is 0.854. The zero-order valence-corrected chi connectivity index (χ0v) is 9.24. The largest absolute Gasteiger partial charge is 0.251 e. The van der Waals surface area contributed by atoms with Gasteiger partial charge in [0.05, 0.1) is 6.42 Å². The van der Waals surface area contributed by atoms with Crippen LogP contribution in [0.4, 0.5) is 8.78 Å². The molecule has 0 aliphatic heterocycles. The Labute approximate surface area is 93.1 Å². The minimum absolute atomic E-state index is 0.196. The van der Waals surface area contributed by atoms with Gasteiger partial charge in [-0.2, -0.15) is 0 Å². The van der Waals surface area contributed by atoms with Gasteiger partial charge in [-0.25, -0.2) is 23.7 Å². The Morgan fingerprint density at radius 2 is 2.20 bits per heavy atom. The minimum atomic E-state index is -2.77. The second kappa shape index (κ2) is 3.61. The summed E-state index contributed by atoms with van der Waals surface area (Å²) in [7, 11) is 0. The highest BCUT2D eigenvalue weighted by Gasteiger charge is 2.24. The molecule has 2 aromatic heterocycles. The zero-order valence-electron chi connectivity index (χ0n) is 7.67. The van der Waals surface area contributed by atoms with E-state index in [1.807, 2.05) is 0 Å². The number of thiazole rings is 1. The van der Waals surface area contributed by atoms with Crippen LogP contribution in [0.15, 0.2) is 6.33 Å². The molecule has 0 amide bonds. The Morgan fingerprint density at radius 1 is 1.47 bits per heavy atom. The minimum Gasteiger partial charge on any atom is -0.236 e. The number of hydrogen-bond donors (Lipinski definition) is 0. The molecule has 2 heterocycles. The second-order valence-electron chi connectivity index (χ2n) is 3.17. The highest BCUT2D eigenvalue weighted by molar-refractivity contribution is 7.18. The number of rotatable bonds is 2. The van der Waals surface area contributed by atoms with Gasteiger partial charge in [0, 0.05) is 0 Å². The first-order chi connectivity index (χ1) is 6.96. The van der Waals surface area contributed by atoms with Gasteiger partial charge < -0.3 is 0 Å². The molecular weight excluding hydrogens is 244 g/mol. The molecular formula is C8H6ClF2N3S. The molecule has 0 saturated heterocycles. The molecule has 0 atom stereocenters. The molecule has 0 saturated carbocycles. The van der Waals surface area contributed by atoms with Crippen LogP contribution in [0, 0.1) is 0 Å². The van der Waals surface area contributed by atoms with Crippen LogP contribution in [-0.2, 0) is 6.42 Å². The Kier molecular flexibility index (Phi) is 2.56. The lowest BCUT2D eigenvalue weighted by atomic mass is 10.3. The summed E-state index contributed by atoms with van der Waals surface area (Å²) in [5, 5.41) is 0.516. The summed E-state index contributed by atoms with van der Waals surface area (Å²) >= 11 is 6.86. The predicted molar refractivity (Wildman–Crippen MR) is 54.5 cm³/mol. The van der Waals surface area contributed by atoms with Gasteiger partial charge in [0.1, 0.15) is 21.7 Å². The highest BCUT2D eigenvalue weighted by Crippen LogP contribution is 2.28. The van der Waals surface area contributed by atoms with Gasteiger partial charge in [-0.3, -0.25) is 0 Å². The van der Waals surface area contributed by atoms with Crippen LogP contribution in [-0.4, -0.2) is 20.9 Å². The summed E-state index contributed by atoms with van der Waals surface area (Å²) in [4.78, 5) is 12.2. The fraction of sp³-hybridized carbons (Fsp3) is 0.375. The predicted octanol–water partition coefficient (Wildman–Crippen LogP) is 2.94. The first-order valence-corrected chi connectivity index (χ1v) is 5.29. The van der Waals surface area contributed by atoms with E-state index in [1.165, 1.54) is 6.33 Å². The van der Waals surface area contributed by atoms with Gasteiger partial charge in [0.15, 0.2) is 5.15 Å². The van der Waals surface area contributed by atoms with Gasteiger partial charge in [-0.15, -0.1) is 0 Å². The number of halogens is 3. The summed E-state index contributed by atoms with van der Waals surface area (Å²) in [6, 6.07) is 0. The van der Waals surface area contributed by atoms with E-state index in [4.69, 9.17) is 11.6 Å². The number of nitrogens with zero attached hydrogens (tertiary/aromatic N) is 3. The van der Waals surface area contributed by atoms with E-state index in [-0.39, 0.29) is 5.15 Å². The summed E-state index contributed by atoms with van der Waals surface area (Å²) in [5.41, 5.74) is 0.392. The third kappa shape index (κ3) is 2.38. The van der Waals surface area contributed by atoms with Gasteiger partial charge >= 0.3 is 0 Å². The van der Waals surface area contributed by atoms with Crippen molar-refractivity contribution in [1.29, 1.82) is 0 Å². The molecule has 0 aromatic carbocycles. The molecule has 15 heavy (non-hydrogen) atoms. The highest BCUT2D eigenvalue weighted by atomic mass is 35.5. The Balaban J connectivity index is 2.44. The summed E-state index contributed by atoms with van der Waals surface area (Å²) in [6.07, 6.45) is 0.890. The third-order valence-corrected chi connectivity index (χ3v) is 2.90. The maximum Gasteiger partial charge on any atom is 0.251 e. The molecule has 0 spiro atoms.